The molecule has 2 amide bonds. The summed E-state index contributed by atoms with van der Waals surface area (Å²) in [4.78, 5) is 14.3. The normalized spacial score (nSPS) is 21.0. The number of hydrogen-bond acceptors (Lipinski definition) is 5. The van der Waals surface area contributed by atoms with E-state index in [-0.39, 0.29) is 24.6 Å². The molecule has 0 N–H and O–H groups in total. The first-order valence-corrected chi connectivity index (χ1v) is 7.21. The molecule has 8 heteroatoms. The molecule has 22 heavy (non-hydrogen) atoms. The van der Waals surface area contributed by atoms with Gasteiger partial charge in [0.15, 0.2) is 0 Å². The first kappa shape index (κ1) is 14.7. The molecule has 118 valence electrons. The van der Waals surface area contributed by atoms with Gasteiger partial charge in [-0.3, -0.25) is 0 Å². The Hall–Kier alpha value is -2.22. The topological polar surface area (TPSA) is 60.7 Å². The van der Waals surface area contributed by atoms with Crippen LogP contribution in [0, 0.1) is 5.82 Å². The number of rotatable bonds is 3. The van der Waals surface area contributed by atoms with E-state index in [0.29, 0.717) is 18.8 Å². The third-order valence-corrected chi connectivity index (χ3v) is 3.83. The fraction of sp³-hybridized carbons (Fsp3) is 0.500. The van der Waals surface area contributed by atoms with Crippen molar-refractivity contribution < 1.29 is 13.9 Å². The van der Waals surface area contributed by atoms with Crippen LogP contribution in [0.3, 0.4) is 0 Å². The van der Waals surface area contributed by atoms with E-state index in [1.807, 2.05) is 0 Å². The smallest absolute Gasteiger partial charge is 0.343 e. The Morgan fingerprint density at radius 1 is 1.45 bits per heavy atom. The summed E-state index contributed by atoms with van der Waals surface area (Å²) in [5, 5.41) is 10.6. The molecule has 2 aliphatic heterocycles. The highest BCUT2D eigenvalue weighted by atomic mass is 19.1. The number of halogens is 1. The van der Waals surface area contributed by atoms with Crippen LogP contribution in [0.5, 0.6) is 0 Å². The number of anilines is 1. The van der Waals surface area contributed by atoms with Gasteiger partial charge in [-0.2, -0.15) is 5.01 Å². The summed E-state index contributed by atoms with van der Waals surface area (Å²) < 4.78 is 18.4. The molecule has 1 saturated heterocycles. The zero-order valence-electron chi connectivity index (χ0n) is 12.4. The molecule has 0 unspecified atom stereocenters. The van der Waals surface area contributed by atoms with Crippen molar-refractivity contribution in [3.8, 4) is 0 Å². The van der Waals surface area contributed by atoms with E-state index in [1.165, 1.54) is 22.2 Å². The van der Waals surface area contributed by atoms with Crippen molar-refractivity contribution in [1.82, 2.24) is 9.91 Å². The molecule has 0 radical (unpaired) electrons. The van der Waals surface area contributed by atoms with E-state index in [0.717, 1.165) is 12.8 Å². The standard InChI is InChI=1S/C14H18FN5O2/c1-22-9-13-6-3-7-18(13)14(21)20-10-19(16-17-20)12-5-2-4-11(15)8-12/h2,4-5,8,13H,3,6-7,9-10H2,1H3/t13-/m0/s1. The lowest BCUT2D eigenvalue weighted by Gasteiger charge is -2.26. The summed E-state index contributed by atoms with van der Waals surface area (Å²) in [7, 11) is 1.63. The molecule has 3 rings (SSSR count). The summed E-state index contributed by atoms with van der Waals surface area (Å²) in [6.45, 7) is 1.39. The molecular formula is C14H18FN5O2. The Kier molecular flexibility index (Phi) is 4.19. The summed E-state index contributed by atoms with van der Waals surface area (Å²) in [5.74, 6) is -0.350. The van der Waals surface area contributed by atoms with Crippen molar-refractivity contribution in [2.45, 2.75) is 18.9 Å². The molecule has 2 heterocycles. The fourth-order valence-corrected chi connectivity index (χ4v) is 2.75. The zero-order valence-corrected chi connectivity index (χ0v) is 12.4. The predicted molar refractivity (Wildman–Crippen MR) is 77.4 cm³/mol. The van der Waals surface area contributed by atoms with Gasteiger partial charge < -0.3 is 9.64 Å². The molecular weight excluding hydrogens is 289 g/mol. The van der Waals surface area contributed by atoms with Gasteiger partial charge in [-0.1, -0.05) is 6.07 Å². The van der Waals surface area contributed by atoms with Gasteiger partial charge in [-0.15, -0.1) is 0 Å². The molecule has 1 aromatic rings. The summed E-state index contributed by atoms with van der Waals surface area (Å²) >= 11 is 0. The van der Waals surface area contributed by atoms with Crippen LogP contribution in [0.15, 0.2) is 34.7 Å². The van der Waals surface area contributed by atoms with E-state index in [9.17, 15) is 9.18 Å². The van der Waals surface area contributed by atoms with Crippen molar-refractivity contribution >= 4 is 11.7 Å². The molecule has 1 fully saturated rings. The van der Waals surface area contributed by atoms with E-state index < -0.39 is 0 Å². The lowest BCUT2D eigenvalue weighted by molar-refractivity contribution is 0.107. The van der Waals surface area contributed by atoms with Crippen LogP contribution in [0.25, 0.3) is 0 Å². The highest BCUT2D eigenvalue weighted by molar-refractivity contribution is 5.75. The third-order valence-electron chi connectivity index (χ3n) is 3.83. The van der Waals surface area contributed by atoms with Crippen molar-refractivity contribution in [2.24, 2.45) is 10.4 Å². The Balaban J connectivity index is 1.65. The van der Waals surface area contributed by atoms with Gasteiger partial charge in [0.1, 0.15) is 12.5 Å². The second-order valence-electron chi connectivity index (χ2n) is 5.33. The SMILES string of the molecule is COC[C@@H]1CCCN1C(=O)N1CN(c2cccc(F)c2)N=N1. The molecule has 0 aromatic heterocycles. The first-order valence-electron chi connectivity index (χ1n) is 7.21. The van der Waals surface area contributed by atoms with Gasteiger partial charge in [0, 0.05) is 13.7 Å². The van der Waals surface area contributed by atoms with E-state index >= 15 is 0 Å². The molecule has 1 aromatic carbocycles. The highest BCUT2D eigenvalue weighted by Crippen LogP contribution is 2.24. The molecule has 0 bridgehead atoms. The van der Waals surface area contributed by atoms with Crippen molar-refractivity contribution in [3.05, 3.63) is 30.1 Å². The monoisotopic (exact) mass is 307 g/mol. The average Bonchev–Trinajstić information content (AvgIpc) is 3.16. The van der Waals surface area contributed by atoms with Crippen LogP contribution in [0.4, 0.5) is 14.9 Å². The van der Waals surface area contributed by atoms with Crippen LogP contribution >= 0.6 is 0 Å². The number of methoxy groups -OCH3 is 1. The number of benzene rings is 1. The highest BCUT2D eigenvalue weighted by Gasteiger charge is 2.34. The molecule has 0 saturated carbocycles. The van der Waals surface area contributed by atoms with Crippen LogP contribution in [0.2, 0.25) is 0 Å². The van der Waals surface area contributed by atoms with Crippen LogP contribution in [-0.4, -0.2) is 48.9 Å². The molecule has 0 spiro atoms. The second-order valence-corrected chi connectivity index (χ2v) is 5.33. The fourth-order valence-electron chi connectivity index (χ4n) is 2.75. The van der Waals surface area contributed by atoms with Crippen LogP contribution in [0.1, 0.15) is 12.8 Å². The predicted octanol–water partition coefficient (Wildman–Crippen LogP) is 2.42. The molecule has 2 aliphatic rings. The van der Waals surface area contributed by atoms with Crippen molar-refractivity contribution in [2.75, 3.05) is 31.9 Å². The van der Waals surface area contributed by atoms with E-state index in [1.54, 1.807) is 24.1 Å². The Morgan fingerprint density at radius 3 is 3.09 bits per heavy atom. The number of ether oxygens (including phenoxy) is 1. The summed E-state index contributed by atoms with van der Waals surface area (Å²) in [6, 6.07) is 5.92. The Morgan fingerprint density at radius 2 is 2.32 bits per heavy atom. The largest absolute Gasteiger partial charge is 0.383 e. The number of carbonyl (C=O) groups excluding carboxylic acids is 1. The number of hydrogen-bond donors (Lipinski definition) is 0. The maximum Gasteiger partial charge on any atom is 0.343 e. The Labute approximate surface area is 127 Å². The minimum atomic E-state index is -0.350. The van der Waals surface area contributed by atoms with Gasteiger partial charge in [0.2, 0.25) is 0 Å². The van der Waals surface area contributed by atoms with Gasteiger partial charge in [-0.05, 0) is 41.5 Å². The van der Waals surface area contributed by atoms with Crippen molar-refractivity contribution in [3.63, 3.8) is 0 Å². The average molecular weight is 307 g/mol. The summed E-state index contributed by atoms with van der Waals surface area (Å²) in [6.07, 6.45) is 1.89. The van der Waals surface area contributed by atoms with Gasteiger partial charge in [0.05, 0.1) is 18.3 Å². The minimum absolute atomic E-state index is 0.0796. The minimum Gasteiger partial charge on any atom is -0.383 e. The quantitative estimate of drug-likeness (QED) is 0.861. The molecule has 1 atom stereocenters. The maximum absolute atomic E-state index is 13.3. The lowest BCUT2D eigenvalue weighted by Crippen LogP contribution is -2.45. The summed E-state index contributed by atoms with van der Waals surface area (Å²) in [5.41, 5.74) is 0.564. The molecule has 0 aliphatic carbocycles. The number of likely N-dealkylation sites (tertiary alicyclic amines) is 1. The number of carbonyl (C=O) groups is 1. The zero-order chi connectivity index (χ0) is 15.5. The van der Waals surface area contributed by atoms with Gasteiger partial charge >= 0.3 is 6.03 Å². The van der Waals surface area contributed by atoms with E-state index in [4.69, 9.17) is 4.74 Å². The van der Waals surface area contributed by atoms with E-state index in [2.05, 4.69) is 10.4 Å². The van der Waals surface area contributed by atoms with Crippen LogP contribution < -0.4 is 5.01 Å². The lowest BCUT2D eigenvalue weighted by atomic mass is 10.2. The first-order chi connectivity index (χ1) is 10.7. The van der Waals surface area contributed by atoms with Gasteiger partial charge in [0.25, 0.3) is 0 Å². The third kappa shape index (κ3) is 2.87. The number of urea groups is 1. The maximum atomic E-state index is 13.3. The van der Waals surface area contributed by atoms with Crippen LogP contribution in [-0.2, 0) is 4.74 Å². The Bertz CT molecular complexity index is 582. The number of nitrogens with zero attached hydrogens (tertiary/aromatic N) is 5. The molecule has 7 nitrogen and oxygen atoms in total. The second kappa shape index (κ2) is 6.27. The van der Waals surface area contributed by atoms with Gasteiger partial charge in [-0.25, -0.2) is 14.2 Å². The number of amides is 2. The van der Waals surface area contributed by atoms with Crippen molar-refractivity contribution in [1.29, 1.82) is 0 Å².